The molecule has 144 valence electrons. The smallest absolute Gasteiger partial charge is 0.339 e. The zero-order chi connectivity index (χ0) is 19.2. The Bertz CT molecular complexity index is 780. The summed E-state index contributed by atoms with van der Waals surface area (Å²) in [6.07, 6.45) is 6.28. The fourth-order valence-corrected chi connectivity index (χ4v) is 5.66. The molecule has 4 aliphatic carbocycles. The molecule has 4 saturated carbocycles. The Labute approximate surface area is 160 Å². The highest BCUT2D eigenvalue weighted by Gasteiger charge is 2.55. The molecule has 0 saturated heterocycles. The minimum atomic E-state index is -0.912. The number of amides is 2. The van der Waals surface area contributed by atoms with Gasteiger partial charge in [-0.1, -0.05) is 24.8 Å². The predicted octanol–water partition coefficient (Wildman–Crippen LogP) is 3.79. The first-order chi connectivity index (χ1) is 12.8. The van der Waals surface area contributed by atoms with Crippen LogP contribution in [0.2, 0.25) is 0 Å². The molecule has 5 heteroatoms. The number of urea groups is 1. The summed E-state index contributed by atoms with van der Waals surface area (Å²) < 4.78 is 6.59. The van der Waals surface area contributed by atoms with Crippen LogP contribution >= 0.6 is 0 Å². The molecule has 1 unspecified atom stereocenters. The van der Waals surface area contributed by atoms with Crippen LogP contribution in [0.1, 0.15) is 51.5 Å². The first-order valence-electron chi connectivity index (χ1n) is 9.93. The van der Waals surface area contributed by atoms with Gasteiger partial charge in [0, 0.05) is 5.56 Å². The molecule has 5 nitrogen and oxygen atoms in total. The maximum atomic E-state index is 11.0. The summed E-state index contributed by atoms with van der Waals surface area (Å²) in [7, 11) is 0. The lowest BCUT2D eigenvalue weighted by molar-refractivity contribution is -0.133. The fourth-order valence-electron chi connectivity index (χ4n) is 5.66. The summed E-state index contributed by atoms with van der Waals surface area (Å²) in [5, 5.41) is 9.96. The van der Waals surface area contributed by atoms with Gasteiger partial charge in [-0.15, -0.1) is 0 Å². The SMILES string of the molecule is C[C@@H]1C2C[C@H]3C[C@@H]1C[C@@](Oc1cccc(C#C[C@@H](C)N(O)C(N)=O)c1)(C2)C3. The predicted molar refractivity (Wildman–Crippen MR) is 102 cm³/mol. The molecule has 1 aromatic carbocycles. The summed E-state index contributed by atoms with van der Waals surface area (Å²) in [5.41, 5.74) is 5.85. The average Bonchev–Trinajstić information content (AvgIpc) is 2.62. The molecule has 4 bridgehead atoms. The third-order valence-corrected chi connectivity index (χ3v) is 6.87. The second-order valence-electron chi connectivity index (χ2n) is 8.77. The lowest BCUT2D eigenvalue weighted by Crippen LogP contribution is -2.56. The van der Waals surface area contributed by atoms with Crippen LogP contribution < -0.4 is 10.5 Å². The maximum Gasteiger partial charge on any atom is 0.339 e. The van der Waals surface area contributed by atoms with E-state index in [0.29, 0.717) is 5.06 Å². The van der Waals surface area contributed by atoms with E-state index in [1.165, 1.54) is 32.1 Å². The third kappa shape index (κ3) is 3.51. The van der Waals surface area contributed by atoms with Gasteiger partial charge >= 0.3 is 6.03 Å². The van der Waals surface area contributed by atoms with Gasteiger partial charge in [0.15, 0.2) is 0 Å². The number of nitrogens with two attached hydrogens (primary N) is 1. The van der Waals surface area contributed by atoms with Gasteiger partial charge in [-0.3, -0.25) is 5.21 Å². The molecular weight excluding hydrogens is 340 g/mol. The minimum absolute atomic E-state index is 0.00375. The Balaban J connectivity index is 1.49. The van der Waals surface area contributed by atoms with Crippen molar-refractivity contribution in [1.29, 1.82) is 0 Å². The number of hydrogen-bond donors (Lipinski definition) is 2. The van der Waals surface area contributed by atoms with Crippen LogP contribution in [0.15, 0.2) is 24.3 Å². The summed E-state index contributed by atoms with van der Waals surface area (Å²) in [4.78, 5) is 11.0. The van der Waals surface area contributed by atoms with Gasteiger partial charge in [0.1, 0.15) is 17.4 Å². The number of hydrogen-bond acceptors (Lipinski definition) is 3. The van der Waals surface area contributed by atoms with Crippen molar-refractivity contribution >= 4 is 6.03 Å². The molecule has 0 spiro atoms. The lowest BCUT2D eigenvalue weighted by atomic mass is 9.50. The zero-order valence-electron chi connectivity index (χ0n) is 16.0. The van der Waals surface area contributed by atoms with Gasteiger partial charge in [0.2, 0.25) is 0 Å². The normalized spacial score (nSPS) is 34.5. The Hall–Kier alpha value is -2.19. The van der Waals surface area contributed by atoms with Gasteiger partial charge in [-0.25, -0.2) is 4.79 Å². The number of carbonyl (C=O) groups is 1. The Kier molecular flexibility index (Phi) is 4.55. The van der Waals surface area contributed by atoms with Crippen molar-refractivity contribution in [1.82, 2.24) is 5.06 Å². The molecule has 0 aromatic heterocycles. The molecule has 6 atom stereocenters. The highest BCUT2D eigenvalue weighted by atomic mass is 16.5. The van der Waals surface area contributed by atoms with Crippen LogP contribution in [0.3, 0.4) is 0 Å². The standard InChI is InChI=1S/C22H28N2O3/c1-14(24(26)21(23)25)6-7-16-4-3-5-20(10-16)27-22-11-17-8-18(12-22)15(2)19(9-17)13-22/h3-5,10,14-15,17-19,26H,8-9,11-13H2,1-2H3,(H2,23,25)/t14-,15-,17+,18?,19-,22+/m1/s1. The monoisotopic (exact) mass is 368 g/mol. The van der Waals surface area contributed by atoms with Gasteiger partial charge in [0.05, 0.1) is 0 Å². The number of benzene rings is 1. The second kappa shape index (κ2) is 6.76. The number of primary amides is 1. The van der Waals surface area contributed by atoms with Crippen molar-refractivity contribution in [2.45, 2.75) is 57.6 Å². The molecule has 4 fully saturated rings. The van der Waals surface area contributed by atoms with Crippen LogP contribution in [0.25, 0.3) is 0 Å². The quantitative estimate of drug-likeness (QED) is 0.484. The minimum Gasteiger partial charge on any atom is -0.487 e. The molecule has 3 N–H and O–H groups in total. The third-order valence-electron chi connectivity index (χ3n) is 6.87. The zero-order valence-corrected chi connectivity index (χ0v) is 16.0. The average molecular weight is 368 g/mol. The van der Waals surface area contributed by atoms with Crippen LogP contribution in [0.4, 0.5) is 4.79 Å². The first kappa shape index (κ1) is 18.2. The van der Waals surface area contributed by atoms with E-state index in [4.69, 9.17) is 10.5 Å². The number of ether oxygens (including phenoxy) is 1. The number of carbonyl (C=O) groups excluding carboxylic acids is 1. The van der Waals surface area contributed by atoms with Crippen LogP contribution in [-0.4, -0.2) is 27.9 Å². The molecule has 27 heavy (non-hydrogen) atoms. The van der Waals surface area contributed by atoms with E-state index in [2.05, 4.69) is 18.8 Å². The summed E-state index contributed by atoms with van der Waals surface area (Å²) in [6, 6.07) is 6.21. The van der Waals surface area contributed by atoms with E-state index in [-0.39, 0.29) is 5.60 Å². The van der Waals surface area contributed by atoms with Gasteiger partial charge in [0.25, 0.3) is 0 Å². The summed E-state index contributed by atoms with van der Waals surface area (Å²) in [6.45, 7) is 4.05. The van der Waals surface area contributed by atoms with E-state index in [9.17, 15) is 10.0 Å². The van der Waals surface area contributed by atoms with E-state index in [0.717, 1.165) is 35.0 Å². The summed E-state index contributed by atoms with van der Waals surface area (Å²) >= 11 is 0. The van der Waals surface area contributed by atoms with E-state index < -0.39 is 12.1 Å². The molecule has 0 aliphatic heterocycles. The van der Waals surface area contributed by atoms with E-state index in [1.54, 1.807) is 6.92 Å². The molecule has 5 rings (SSSR count). The first-order valence-corrected chi connectivity index (χ1v) is 9.93. The Morgan fingerprint density at radius 3 is 2.70 bits per heavy atom. The molecule has 0 radical (unpaired) electrons. The highest BCUT2D eigenvalue weighted by molar-refractivity contribution is 5.71. The Morgan fingerprint density at radius 1 is 1.33 bits per heavy atom. The van der Waals surface area contributed by atoms with Crippen molar-refractivity contribution in [2.24, 2.45) is 29.4 Å². The van der Waals surface area contributed by atoms with E-state index >= 15 is 0 Å². The van der Waals surface area contributed by atoms with Crippen LogP contribution in [-0.2, 0) is 0 Å². The van der Waals surface area contributed by atoms with Gasteiger partial charge < -0.3 is 10.5 Å². The fraction of sp³-hybridized carbons (Fsp3) is 0.591. The van der Waals surface area contributed by atoms with Crippen molar-refractivity contribution in [2.75, 3.05) is 0 Å². The highest BCUT2D eigenvalue weighted by Crippen LogP contribution is 2.59. The second-order valence-corrected chi connectivity index (χ2v) is 8.77. The van der Waals surface area contributed by atoms with Crippen molar-refractivity contribution in [3.8, 4) is 17.6 Å². The molecular formula is C22H28N2O3. The van der Waals surface area contributed by atoms with Crippen LogP contribution in [0, 0.1) is 35.5 Å². The van der Waals surface area contributed by atoms with Crippen LogP contribution in [0.5, 0.6) is 5.75 Å². The van der Waals surface area contributed by atoms with E-state index in [1.807, 2.05) is 24.3 Å². The molecule has 1 aromatic rings. The Morgan fingerprint density at radius 2 is 2.04 bits per heavy atom. The number of nitrogens with zero attached hydrogens (tertiary/aromatic N) is 1. The molecule has 0 heterocycles. The largest absolute Gasteiger partial charge is 0.487 e. The molecule has 2 amide bonds. The van der Waals surface area contributed by atoms with Crippen molar-refractivity contribution < 1.29 is 14.7 Å². The van der Waals surface area contributed by atoms with Crippen molar-refractivity contribution in [3.05, 3.63) is 29.8 Å². The maximum absolute atomic E-state index is 11.0. The van der Waals surface area contributed by atoms with Gasteiger partial charge in [-0.05, 0) is 80.9 Å². The number of rotatable bonds is 3. The molecule has 4 aliphatic rings. The van der Waals surface area contributed by atoms with Crippen molar-refractivity contribution in [3.63, 3.8) is 0 Å². The van der Waals surface area contributed by atoms with Gasteiger partial charge in [-0.2, -0.15) is 5.06 Å². The topological polar surface area (TPSA) is 75.8 Å². The lowest BCUT2D eigenvalue weighted by Gasteiger charge is -2.59. The number of hydroxylamine groups is 2. The summed E-state index contributed by atoms with van der Waals surface area (Å²) in [5.74, 6) is 9.98.